The molecule has 1 atom stereocenters. The van der Waals surface area contributed by atoms with E-state index in [2.05, 4.69) is 10.6 Å². The van der Waals surface area contributed by atoms with Gasteiger partial charge in [-0.05, 0) is 67.1 Å². The van der Waals surface area contributed by atoms with Crippen molar-refractivity contribution < 1.29 is 18.8 Å². The first kappa shape index (κ1) is 25.9. The first-order valence-corrected chi connectivity index (χ1v) is 12.8. The van der Waals surface area contributed by atoms with Crippen LogP contribution in [0.25, 0.3) is 0 Å². The molecule has 4 rings (SSSR count). The minimum absolute atomic E-state index is 0.179. The van der Waals surface area contributed by atoms with E-state index in [4.69, 9.17) is 4.42 Å². The largest absolute Gasteiger partial charge is 0.467 e. The number of carbonyl (C=O) groups excluding carboxylic acids is 3. The number of aryl methyl sites for hydroxylation is 2. The Bertz CT molecular complexity index is 1360. The number of nitrogens with one attached hydrogen (secondary N) is 2. The Morgan fingerprint density at radius 3 is 2.38 bits per heavy atom. The fourth-order valence-corrected chi connectivity index (χ4v) is 4.64. The van der Waals surface area contributed by atoms with Crippen LogP contribution in [0.5, 0.6) is 0 Å². The Morgan fingerprint density at radius 2 is 1.70 bits per heavy atom. The van der Waals surface area contributed by atoms with Crippen molar-refractivity contribution >= 4 is 34.7 Å². The lowest BCUT2D eigenvalue weighted by atomic mass is 9.99. The van der Waals surface area contributed by atoms with Crippen molar-refractivity contribution in [1.82, 2.24) is 10.6 Å². The Morgan fingerprint density at radius 1 is 0.919 bits per heavy atom. The van der Waals surface area contributed by atoms with Gasteiger partial charge >= 0.3 is 0 Å². The summed E-state index contributed by atoms with van der Waals surface area (Å²) in [5.41, 5.74) is 4.15. The lowest BCUT2D eigenvalue weighted by molar-refractivity contribution is -0.126. The highest BCUT2D eigenvalue weighted by Gasteiger charge is 2.34. The van der Waals surface area contributed by atoms with Gasteiger partial charge in [-0.3, -0.25) is 19.3 Å². The first-order chi connectivity index (χ1) is 17.8. The van der Waals surface area contributed by atoms with Crippen LogP contribution in [0.3, 0.4) is 0 Å². The van der Waals surface area contributed by atoms with Crippen molar-refractivity contribution in [2.45, 2.75) is 33.4 Å². The van der Waals surface area contributed by atoms with E-state index < -0.39 is 11.9 Å². The van der Waals surface area contributed by atoms with Crippen molar-refractivity contribution in [3.63, 3.8) is 0 Å². The maximum Gasteiger partial charge on any atom is 0.261 e. The van der Waals surface area contributed by atoms with Crippen molar-refractivity contribution in [3.8, 4) is 0 Å². The molecule has 0 radical (unpaired) electrons. The molecule has 2 heterocycles. The SMILES string of the molecule is Cc1ccc([C@@H](C(=O)NCc2ccco2)N(C(=O)CNC(=O)c2cccs2)c2cccc(C)c2C)cc1. The topological polar surface area (TPSA) is 91.7 Å². The number of thiophene rings is 1. The van der Waals surface area contributed by atoms with Crippen LogP contribution in [0.4, 0.5) is 5.69 Å². The molecule has 0 fully saturated rings. The highest BCUT2D eigenvalue weighted by atomic mass is 32.1. The van der Waals surface area contributed by atoms with Gasteiger partial charge in [0.1, 0.15) is 11.8 Å². The number of hydrogen-bond donors (Lipinski definition) is 2. The summed E-state index contributed by atoms with van der Waals surface area (Å²) in [7, 11) is 0. The molecule has 0 saturated carbocycles. The van der Waals surface area contributed by atoms with Crippen LogP contribution in [0.1, 0.15) is 43.7 Å². The molecule has 4 aromatic rings. The number of benzene rings is 2. The van der Waals surface area contributed by atoms with E-state index in [1.165, 1.54) is 16.2 Å². The van der Waals surface area contributed by atoms with Gasteiger partial charge in [0.15, 0.2) is 0 Å². The molecule has 37 heavy (non-hydrogen) atoms. The van der Waals surface area contributed by atoms with Crippen molar-refractivity contribution in [2.24, 2.45) is 0 Å². The van der Waals surface area contributed by atoms with Crippen LogP contribution >= 0.6 is 11.3 Å². The number of furan rings is 1. The van der Waals surface area contributed by atoms with Gasteiger partial charge in [-0.25, -0.2) is 0 Å². The summed E-state index contributed by atoms with van der Waals surface area (Å²) < 4.78 is 5.37. The van der Waals surface area contributed by atoms with Crippen LogP contribution in [-0.4, -0.2) is 24.3 Å². The number of carbonyl (C=O) groups is 3. The maximum atomic E-state index is 13.8. The van der Waals surface area contributed by atoms with Crippen molar-refractivity contribution in [2.75, 3.05) is 11.4 Å². The summed E-state index contributed by atoms with van der Waals surface area (Å²) in [4.78, 5) is 42.1. The van der Waals surface area contributed by atoms with Gasteiger partial charge in [-0.15, -0.1) is 11.3 Å². The zero-order chi connectivity index (χ0) is 26.4. The Balaban J connectivity index is 1.72. The average Bonchev–Trinajstić information content (AvgIpc) is 3.62. The molecule has 190 valence electrons. The third-order valence-electron chi connectivity index (χ3n) is 6.17. The Hall–Kier alpha value is -4.17. The fraction of sp³-hybridized carbons (Fsp3) is 0.207. The standard InChI is InChI=1S/C29H29N3O4S/c1-19-11-13-22(14-12-19)27(29(35)30-17-23-8-5-15-36-23)32(24-9-4-7-20(2)21(24)3)26(33)18-31-28(34)25-10-6-16-37-25/h4-16,27H,17-18H2,1-3H3,(H,30,35)(H,31,34)/t27-/m0/s1. The molecule has 7 nitrogen and oxygen atoms in total. The lowest BCUT2D eigenvalue weighted by Crippen LogP contribution is -2.47. The number of nitrogens with zero attached hydrogens (tertiary/aromatic N) is 1. The predicted molar refractivity (Wildman–Crippen MR) is 145 cm³/mol. The van der Waals surface area contributed by atoms with Crippen LogP contribution < -0.4 is 15.5 Å². The maximum absolute atomic E-state index is 13.8. The predicted octanol–water partition coefficient (Wildman–Crippen LogP) is 5.09. The molecule has 0 saturated heterocycles. The Kier molecular flexibility index (Phi) is 8.20. The normalized spacial score (nSPS) is 11.5. The Labute approximate surface area is 220 Å². The van der Waals surface area contributed by atoms with E-state index in [1.54, 1.807) is 35.9 Å². The third-order valence-corrected chi connectivity index (χ3v) is 7.03. The molecule has 0 bridgehead atoms. The minimum atomic E-state index is -0.970. The summed E-state index contributed by atoms with van der Waals surface area (Å²) in [6, 6.07) is 19.2. The van der Waals surface area contributed by atoms with Crippen LogP contribution in [0.15, 0.2) is 82.8 Å². The molecule has 3 amide bonds. The molecule has 2 aromatic heterocycles. The second-order valence-electron chi connectivity index (χ2n) is 8.75. The molecule has 8 heteroatoms. The molecule has 0 spiro atoms. The zero-order valence-electron chi connectivity index (χ0n) is 21.0. The van der Waals surface area contributed by atoms with Gasteiger partial charge in [-0.2, -0.15) is 0 Å². The molecule has 0 unspecified atom stereocenters. The van der Waals surface area contributed by atoms with Gasteiger partial charge in [0.25, 0.3) is 5.91 Å². The smallest absolute Gasteiger partial charge is 0.261 e. The highest BCUT2D eigenvalue weighted by Crippen LogP contribution is 2.32. The summed E-state index contributed by atoms with van der Waals surface area (Å²) >= 11 is 1.30. The van der Waals surface area contributed by atoms with E-state index >= 15 is 0 Å². The summed E-state index contributed by atoms with van der Waals surface area (Å²) in [5.74, 6) is -0.501. The number of anilines is 1. The molecule has 0 aliphatic rings. The average molecular weight is 516 g/mol. The molecular weight excluding hydrogens is 486 g/mol. The highest BCUT2D eigenvalue weighted by molar-refractivity contribution is 7.12. The van der Waals surface area contributed by atoms with E-state index in [0.717, 1.165) is 16.7 Å². The molecular formula is C29H29N3O4S. The molecule has 2 aromatic carbocycles. The summed E-state index contributed by atoms with van der Waals surface area (Å²) in [6.45, 7) is 5.75. The van der Waals surface area contributed by atoms with Crippen LogP contribution in [-0.2, 0) is 16.1 Å². The minimum Gasteiger partial charge on any atom is -0.467 e. The first-order valence-electron chi connectivity index (χ1n) is 11.9. The second-order valence-corrected chi connectivity index (χ2v) is 9.70. The second kappa shape index (κ2) is 11.7. The van der Waals surface area contributed by atoms with E-state index in [-0.39, 0.29) is 24.9 Å². The van der Waals surface area contributed by atoms with Gasteiger partial charge < -0.3 is 15.1 Å². The van der Waals surface area contributed by atoms with Gasteiger partial charge in [0.2, 0.25) is 11.8 Å². The van der Waals surface area contributed by atoms with Gasteiger partial charge in [0.05, 0.1) is 24.2 Å². The van der Waals surface area contributed by atoms with E-state index in [1.807, 2.05) is 63.2 Å². The van der Waals surface area contributed by atoms with Crippen LogP contribution in [0.2, 0.25) is 0 Å². The summed E-state index contributed by atoms with van der Waals surface area (Å²) in [6.07, 6.45) is 1.54. The quantitative estimate of drug-likeness (QED) is 0.325. The van der Waals surface area contributed by atoms with Crippen molar-refractivity contribution in [3.05, 3.63) is 111 Å². The zero-order valence-corrected chi connectivity index (χ0v) is 21.8. The molecule has 0 aliphatic carbocycles. The number of amides is 3. The number of rotatable bonds is 9. The van der Waals surface area contributed by atoms with Gasteiger partial charge in [0, 0.05) is 5.69 Å². The van der Waals surface area contributed by atoms with E-state index in [9.17, 15) is 14.4 Å². The van der Waals surface area contributed by atoms with E-state index in [0.29, 0.717) is 21.9 Å². The van der Waals surface area contributed by atoms with Crippen molar-refractivity contribution in [1.29, 1.82) is 0 Å². The lowest BCUT2D eigenvalue weighted by Gasteiger charge is -2.33. The van der Waals surface area contributed by atoms with Gasteiger partial charge in [-0.1, -0.05) is 48.0 Å². The molecule has 0 aliphatic heterocycles. The monoisotopic (exact) mass is 515 g/mol. The molecule has 2 N–H and O–H groups in total. The number of hydrogen-bond acceptors (Lipinski definition) is 5. The third kappa shape index (κ3) is 6.16. The fourth-order valence-electron chi connectivity index (χ4n) is 4.00. The van der Waals surface area contributed by atoms with Crippen LogP contribution in [0, 0.1) is 20.8 Å². The summed E-state index contributed by atoms with van der Waals surface area (Å²) in [5, 5.41) is 7.43.